The average molecular weight is 542 g/mol. The maximum absolute atomic E-state index is 14.2. The highest BCUT2D eigenvalue weighted by atomic mass is 127. The summed E-state index contributed by atoms with van der Waals surface area (Å²) in [5, 5.41) is 3.21. The molecule has 0 saturated carbocycles. The van der Waals surface area contributed by atoms with E-state index < -0.39 is 26.8 Å². The van der Waals surface area contributed by atoms with Crippen molar-refractivity contribution in [2.75, 3.05) is 16.8 Å². The smallest absolute Gasteiger partial charge is 0.416 e. The normalized spacial score (nSPS) is 18.6. The second-order valence-electron chi connectivity index (χ2n) is 8.33. The maximum atomic E-state index is 14.2. The van der Waals surface area contributed by atoms with Gasteiger partial charge >= 0.3 is 6.09 Å². The van der Waals surface area contributed by atoms with Crippen molar-refractivity contribution in [3.05, 3.63) is 45.4 Å². The number of carbonyl (C=O) groups excluding carboxylic acids is 1. The minimum atomic E-state index is -0.679. The zero-order valence-corrected chi connectivity index (χ0v) is 20.5. The van der Waals surface area contributed by atoms with E-state index in [1.165, 1.54) is 11.0 Å². The second kappa shape index (κ2) is 9.56. The summed E-state index contributed by atoms with van der Waals surface area (Å²) in [4.78, 5) is 22.8. The highest BCUT2D eigenvalue weighted by Gasteiger charge is 2.40. The van der Waals surface area contributed by atoms with Crippen LogP contribution in [0, 0.1) is 9.39 Å². The van der Waals surface area contributed by atoms with Gasteiger partial charge in [0.15, 0.2) is 0 Å². The van der Waals surface area contributed by atoms with Gasteiger partial charge in [0.2, 0.25) is 5.95 Å². The molecule has 0 aliphatic carbocycles. The summed E-state index contributed by atoms with van der Waals surface area (Å²) >= 11 is -0.679. The van der Waals surface area contributed by atoms with E-state index in [1.807, 2.05) is 40.7 Å². The van der Waals surface area contributed by atoms with Gasteiger partial charge in [-0.3, -0.25) is 4.90 Å². The van der Waals surface area contributed by atoms with Gasteiger partial charge in [-0.25, -0.2) is 14.2 Å². The molecule has 168 valence electrons. The maximum Gasteiger partial charge on any atom is 0.416 e. The molecule has 1 aromatic heterocycles. The molecule has 31 heavy (non-hydrogen) atoms. The van der Waals surface area contributed by atoms with Gasteiger partial charge in [0.1, 0.15) is 24.3 Å². The summed E-state index contributed by atoms with van der Waals surface area (Å²) in [7, 11) is 0. The highest BCUT2D eigenvalue weighted by molar-refractivity contribution is 14.2. The van der Waals surface area contributed by atoms with E-state index in [4.69, 9.17) is 9.47 Å². The molecule has 1 N–H and O–H groups in total. The number of nitrogens with zero attached hydrogens (tertiary/aromatic N) is 3. The molecule has 1 fully saturated rings. The van der Waals surface area contributed by atoms with Crippen LogP contribution in [0.25, 0.3) is 0 Å². The third kappa shape index (κ3) is 5.57. The molecule has 0 bridgehead atoms. The number of nitrogens with one attached hydrogen (secondary N) is 1. The van der Waals surface area contributed by atoms with E-state index in [-0.39, 0.29) is 36.2 Å². The molecule has 1 aliphatic rings. The van der Waals surface area contributed by atoms with Gasteiger partial charge in [-0.05, 0) is 52.3 Å². The molecule has 7 nitrogen and oxygen atoms in total. The molecule has 2 aromatic rings. The number of aromatic nitrogens is 2. The van der Waals surface area contributed by atoms with E-state index in [0.29, 0.717) is 15.3 Å². The Bertz CT molecular complexity index is 966. The molecule has 3 atom stereocenters. The molecule has 9 heteroatoms. The van der Waals surface area contributed by atoms with Crippen LogP contribution in [0.4, 0.5) is 21.0 Å². The Morgan fingerprint density at radius 1 is 1.35 bits per heavy atom. The van der Waals surface area contributed by atoms with Crippen LogP contribution in [0.1, 0.15) is 46.2 Å². The summed E-state index contributed by atoms with van der Waals surface area (Å²) in [5.41, 5.74) is 0.478. The number of hydrogen-bond acceptors (Lipinski definition) is 6. The van der Waals surface area contributed by atoms with Gasteiger partial charge in [0, 0.05) is 9.77 Å². The Kier molecular flexibility index (Phi) is 7.25. The average Bonchev–Trinajstić information content (AvgIpc) is 3.08. The fourth-order valence-electron chi connectivity index (χ4n) is 3.50. The summed E-state index contributed by atoms with van der Waals surface area (Å²) in [6.45, 7) is 9.95. The van der Waals surface area contributed by atoms with E-state index in [1.54, 1.807) is 18.3 Å². The van der Waals surface area contributed by atoms with Crippen LogP contribution in [-0.2, 0) is 9.47 Å². The first kappa shape index (κ1) is 23.5. The van der Waals surface area contributed by atoms with Gasteiger partial charge in [-0.1, -0.05) is 37.4 Å². The predicted molar refractivity (Wildman–Crippen MR) is 128 cm³/mol. The number of anilines is 2. The van der Waals surface area contributed by atoms with Crippen molar-refractivity contribution in [2.24, 2.45) is 0 Å². The van der Waals surface area contributed by atoms with Crippen molar-refractivity contribution in [1.82, 2.24) is 9.97 Å². The minimum absolute atomic E-state index is 0.221. The van der Waals surface area contributed by atoms with Crippen LogP contribution < -0.4 is 10.2 Å². The summed E-state index contributed by atoms with van der Waals surface area (Å²) < 4.78 is 30.1. The lowest BCUT2D eigenvalue weighted by molar-refractivity contribution is -0.0618. The van der Waals surface area contributed by atoms with Gasteiger partial charge in [-0.15, -0.1) is 0 Å². The molecule has 0 unspecified atom stereocenters. The lowest BCUT2D eigenvalue weighted by Gasteiger charge is -2.31. The first-order valence-corrected chi connectivity index (χ1v) is 12.6. The van der Waals surface area contributed by atoms with E-state index in [9.17, 15) is 9.18 Å². The highest BCUT2D eigenvalue weighted by Crippen LogP contribution is 2.29. The Hall–Kier alpha value is -2.14. The van der Waals surface area contributed by atoms with Crippen LogP contribution in [-0.4, -0.2) is 44.9 Å². The predicted octanol–water partition coefficient (Wildman–Crippen LogP) is 4.89. The number of amides is 1. The first-order valence-electron chi connectivity index (χ1n) is 10.0. The molecule has 2 heterocycles. The van der Waals surface area contributed by atoms with Crippen molar-refractivity contribution < 1.29 is 18.7 Å². The van der Waals surface area contributed by atoms with Crippen molar-refractivity contribution >= 4 is 43.1 Å². The van der Waals surface area contributed by atoms with Crippen LogP contribution >= 0.6 is 20.7 Å². The van der Waals surface area contributed by atoms with Crippen molar-refractivity contribution in [1.29, 1.82) is 0 Å². The molecule has 0 spiro atoms. The number of benzene rings is 1. The number of hydrogen-bond donors (Lipinski definition) is 1. The number of rotatable bonds is 7. The Labute approximate surface area is 192 Å². The number of cyclic esters (lactones) is 1. The van der Waals surface area contributed by atoms with Gasteiger partial charge in [0.25, 0.3) is 0 Å². The van der Waals surface area contributed by atoms with Crippen LogP contribution in [0.3, 0.4) is 0 Å². The molecule has 1 aliphatic heterocycles. The lowest BCUT2D eigenvalue weighted by Crippen LogP contribution is -2.45. The first-order chi connectivity index (χ1) is 14.6. The SMILES string of the molecule is C=Ic1c(F)cccc1[C@H](C)Nc1nccc(N2C(=O)OC[C@@H]2[C@@H](C)OC(C)(C)C)n1. The van der Waals surface area contributed by atoms with Gasteiger partial charge in [-0.2, -0.15) is 4.98 Å². The fourth-order valence-corrected chi connectivity index (χ4v) is 5.13. The van der Waals surface area contributed by atoms with Gasteiger partial charge in [0.05, 0.1) is 17.7 Å². The van der Waals surface area contributed by atoms with E-state index >= 15 is 0 Å². The summed E-state index contributed by atoms with van der Waals surface area (Å²) in [5.74, 6) is 0.523. The second-order valence-corrected chi connectivity index (χ2v) is 10.2. The molecule has 1 amide bonds. The summed E-state index contributed by atoms with van der Waals surface area (Å²) in [6.07, 6.45) is 0.852. The van der Waals surface area contributed by atoms with Crippen LogP contribution in [0.5, 0.6) is 0 Å². The number of carbonyl (C=O) groups is 1. The molecular formula is C22H28FIN4O3. The zero-order valence-electron chi connectivity index (χ0n) is 18.4. The minimum Gasteiger partial charge on any atom is -0.447 e. The monoisotopic (exact) mass is 542 g/mol. The van der Waals surface area contributed by atoms with Crippen LogP contribution in [0.15, 0.2) is 30.5 Å². The van der Waals surface area contributed by atoms with Gasteiger partial charge < -0.3 is 14.8 Å². The lowest BCUT2D eigenvalue weighted by atomic mass is 10.1. The Morgan fingerprint density at radius 3 is 2.77 bits per heavy atom. The van der Waals surface area contributed by atoms with E-state index in [2.05, 4.69) is 19.8 Å². The molecular weight excluding hydrogens is 514 g/mol. The third-order valence-corrected chi connectivity index (χ3v) is 6.70. The van der Waals surface area contributed by atoms with Crippen molar-refractivity contribution in [3.63, 3.8) is 0 Å². The van der Waals surface area contributed by atoms with E-state index in [0.717, 1.165) is 5.56 Å². The number of ether oxygens (including phenoxy) is 2. The molecule has 1 aromatic carbocycles. The molecule has 0 radical (unpaired) electrons. The standard InChI is InChI=1S/C22H28FIN4O3/c1-13(15-8-7-9-16(23)19(15)24-6)26-20-25-11-10-18(27-20)28-17(12-30-21(28)29)14(2)31-22(3,4)5/h7-11,13-14,17H,6,12H2,1-5H3,(H,25,26,27)/t13-,14+,17+/m0/s1. The fraction of sp³-hybridized carbons (Fsp3) is 0.455. The van der Waals surface area contributed by atoms with Crippen molar-refractivity contribution in [3.8, 4) is 0 Å². The largest absolute Gasteiger partial charge is 0.447 e. The molecule has 3 rings (SSSR count). The third-order valence-electron chi connectivity index (χ3n) is 4.80. The molecule has 1 saturated heterocycles. The van der Waals surface area contributed by atoms with Crippen LogP contribution in [0.2, 0.25) is 0 Å². The quantitative estimate of drug-likeness (QED) is 0.503. The Balaban J connectivity index is 1.83. The topological polar surface area (TPSA) is 76.6 Å². The van der Waals surface area contributed by atoms with Crippen molar-refractivity contribution in [2.45, 2.75) is 58.4 Å². The summed E-state index contributed by atoms with van der Waals surface area (Å²) in [6, 6.07) is 6.14. The zero-order chi connectivity index (χ0) is 22.8. The number of halogens is 2. The Morgan fingerprint density at radius 2 is 2.10 bits per heavy atom.